The Hall–Kier alpha value is -1.06. The van der Waals surface area contributed by atoms with Crippen LogP contribution in [0, 0.1) is 0 Å². The zero-order valence-corrected chi connectivity index (χ0v) is 10.9. The molecule has 0 spiro atoms. The van der Waals surface area contributed by atoms with Crippen LogP contribution in [0.25, 0.3) is 0 Å². The first-order chi connectivity index (χ1) is 8.27. The van der Waals surface area contributed by atoms with Gasteiger partial charge in [0.25, 0.3) is 0 Å². The van der Waals surface area contributed by atoms with Crippen molar-refractivity contribution in [3.05, 3.63) is 29.3 Å². The molecular weight excluding hydrogens is 210 g/mol. The van der Waals surface area contributed by atoms with Gasteiger partial charge in [0.05, 0.1) is 0 Å². The first-order valence-corrected chi connectivity index (χ1v) is 6.47. The van der Waals surface area contributed by atoms with Crippen molar-refractivity contribution in [2.75, 3.05) is 39.0 Å². The van der Waals surface area contributed by atoms with Gasteiger partial charge in [-0.05, 0) is 38.1 Å². The maximum atomic E-state index is 3.53. The third-order valence-corrected chi connectivity index (χ3v) is 3.21. The molecule has 1 aromatic carbocycles. The molecule has 0 amide bonds. The lowest BCUT2D eigenvalue weighted by atomic mass is 9.99. The Kier molecular flexibility index (Phi) is 4.40. The Bertz CT molecular complexity index is 360. The van der Waals surface area contributed by atoms with E-state index in [-0.39, 0.29) is 0 Å². The molecule has 0 atom stereocenters. The fourth-order valence-corrected chi connectivity index (χ4v) is 2.25. The summed E-state index contributed by atoms with van der Waals surface area (Å²) in [6.07, 6.45) is 2.47. The molecule has 0 radical (unpaired) electrons. The number of nitrogens with zero attached hydrogens (tertiary/aromatic N) is 1. The predicted octanol–water partition coefficient (Wildman–Crippen LogP) is 1.70. The summed E-state index contributed by atoms with van der Waals surface area (Å²) in [5.41, 5.74) is 4.25. The summed E-state index contributed by atoms with van der Waals surface area (Å²) in [5, 5.41) is 7.03. The van der Waals surface area contributed by atoms with Crippen molar-refractivity contribution >= 4 is 5.69 Å². The minimum absolute atomic E-state index is 0.962. The molecule has 0 saturated heterocycles. The highest BCUT2D eigenvalue weighted by Crippen LogP contribution is 2.25. The number of likely N-dealkylation sites (N-methyl/N-ethyl adjacent to an activating group) is 1. The molecule has 3 heteroatoms. The monoisotopic (exact) mass is 233 g/mol. The number of para-hydroxylation sites is 1. The van der Waals surface area contributed by atoms with E-state index >= 15 is 0 Å². The normalized spacial score (nSPS) is 14.5. The highest BCUT2D eigenvalue weighted by Gasteiger charge is 2.11. The molecule has 17 heavy (non-hydrogen) atoms. The van der Waals surface area contributed by atoms with Crippen LogP contribution in [0.15, 0.2) is 18.2 Å². The summed E-state index contributed by atoms with van der Waals surface area (Å²) >= 11 is 0. The first kappa shape index (κ1) is 12.4. The lowest BCUT2D eigenvalue weighted by molar-refractivity contribution is 0.400. The van der Waals surface area contributed by atoms with Gasteiger partial charge in [-0.15, -0.1) is 0 Å². The maximum absolute atomic E-state index is 3.53. The first-order valence-electron chi connectivity index (χ1n) is 6.47. The van der Waals surface area contributed by atoms with Crippen LogP contribution < -0.4 is 10.6 Å². The van der Waals surface area contributed by atoms with Crippen molar-refractivity contribution < 1.29 is 0 Å². The minimum Gasteiger partial charge on any atom is -0.385 e. The van der Waals surface area contributed by atoms with Crippen molar-refractivity contribution in [3.63, 3.8) is 0 Å². The fraction of sp³-hybridized carbons (Fsp3) is 0.571. The van der Waals surface area contributed by atoms with Gasteiger partial charge in [-0.25, -0.2) is 0 Å². The number of hydrogen-bond donors (Lipinski definition) is 2. The second-order valence-corrected chi connectivity index (χ2v) is 4.96. The van der Waals surface area contributed by atoms with Crippen LogP contribution in [0.5, 0.6) is 0 Å². The molecule has 1 heterocycles. The predicted molar refractivity (Wildman–Crippen MR) is 73.5 cm³/mol. The second kappa shape index (κ2) is 6.03. The van der Waals surface area contributed by atoms with Crippen LogP contribution >= 0.6 is 0 Å². The van der Waals surface area contributed by atoms with Crippen molar-refractivity contribution in [3.8, 4) is 0 Å². The molecule has 1 aliphatic heterocycles. The van der Waals surface area contributed by atoms with E-state index in [9.17, 15) is 0 Å². The van der Waals surface area contributed by atoms with Crippen molar-refractivity contribution in [2.45, 2.75) is 19.4 Å². The molecule has 0 unspecified atom stereocenters. The molecule has 1 aromatic rings. The van der Waals surface area contributed by atoms with Crippen LogP contribution in [0.3, 0.4) is 0 Å². The van der Waals surface area contributed by atoms with Gasteiger partial charge in [0.1, 0.15) is 0 Å². The smallest absolute Gasteiger partial charge is 0.0418 e. The summed E-state index contributed by atoms with van der Waals surface area (Å²) in [6.45, 7) is 4.20. The molecule has 0 aromatic heterocycles. The fourth-order valence-electron chi connectivity index (χ4n) is 2.25. The van der Waals surface area contributed by atoms with E-state index in [2.05, 4.69) is 47.8 Å². The average Bonchev–Trinajstić information content (AvgIpc) is 2.34. The third-order valence-electron chi connectivity index (χ3n) is 3.21. The lowest BCUT2D eigenvalue weighted by Crippen LogP contribution is -2.26. The van der Waals surface area contributed by atoms with E-state index < -0.39 is 0 Å². The van der Waals surface area contributed by atoms with Crippen LogP contribution in [0.1, 0.15) is 17.5 Å². The van der Waals surface area contributed by atoms with Crippen LogP contribution in [-0.4, -0.2) is 38.6 Å². The highest BCUT2D eigenvalue weighted by atomic mass is 15.1. The van der Waals surface area contributed by atoms with Gasteiger partial charge >= 0.3 is 0 Å². The number of anilines is 1. The number of benzene rings is 1. The zero-order chi connectivity index (χ0) is 12.1. The van der Waals surface area contributed by atoms with Crippen molar-refractivity contribution in [1.29, 1.82) is 0 Å². The van der Waals surface area contributed by atoms with E-state index in [0.717, 1.165) is 26.2 Å². The SMILES string of the molecule is CN(C)CCNCc1cccc2c1NCCC2. The van der Waals surface area contributed by atoms with Gasteiger partial charge < -0.3 is 15.5 Å². The lowest BCUT2D eigenvalue weighted by Gasteiger charge is -2.21. The quantitative estimate of drug-likeness (QED) is 0.758. The summed E-state index contributed by atoms with van der Waals surface area (Å²) in [7, 11) is 4.21. The Morgan fingerprint density at radius 1 is 1.35 bits per heavy atom. The molecule has 1 aliphatic rings. The number of nitrogens with one attached hydrogen (secondary N) is 2. The van der Waals surface area contributed by atoms with Gasteiger partial charge in [0, 0.05) is 31.9 Å². The molecule has 3 nitrogen and oxygen atoms in total. The van der Waals surface area contributed by atoms with Crippen molar-refractivity contribution in [1.82, 2.24) is 10.2 Å². The zero-order valence-electron chi connectivity index (χ0n) is 10.9. The van der Waals surface area contributed by atoms with Gasteiger partial charge in [0.15, 0.2) is 0 Å². The largest absolute Gasteiger partial charge is 0.385 e. The van der Waals surface area contributed by atoms with Crippen LogP contribution in [0.2, 0.25) is 0 Å². The summed E-state index contributed by atoms with van der Waals surface area (Å²) in [4.78, 5) is 2.20. The van der Waals surface area contributed by atoms with E-state index in [1.54, 1.807) is 0 Å². The highest BCUT2D eigenvalue weighted by molar-refractivity contribution is 5.59. The molecule has 0 fully saturated rings. The number of rotatable bonds is 5. The Labute approximate surface area is 104 Å². The maximum Gasteiger partial charge on any atom is 0.0418 e. The van der Waals surface area contributed by atoms with Crippen LogP contribution in [-0.2, 0) is 13.0 Å². The summed E-state index contributed by atoms with van der Waals surface area (Å²) < 4.78 is 0. The molecule has 0 saturated carbocycles. The van der Waals surface area contributed by atoms with Gasteiger partial charge in [-0.1, -0.05) is 18.2 Å². The molecule has 2 rings (SSSR count). The minimum atomic E-state index is 0.962. The van der Waals surface area contributed by atoms with Gasteiger partial charge in [-0.2, -0.15) is 0 Å². The number of aryl methyl sites for hydroxylation is 1. The molecule has 2 N–H and O–H groups in total. The second-order valence-electron chi connectivity index (χ2n) is 4.96. The molecule has 0 bridgehead atoms. The van der Waals surface area contributed by atoms with Crippen molar-refractivity contribution in [2.24, 2.45) is 0 Å². The third kappa shape index (κ3) is 3.45. The Morgan fingerprint density at radius 2 is 2.24 bits per heavy atom. The van der Waals surface area contributed by atoms with Crippen LogP contribution in [0.4, 0.5) is 5.69 Å². The Balaban J connectivity index is 1.92. The topological polar surface area (TPSA) is 27.3 Å². The average molecular weight is 233 g/mol. The molecule has 0 aliphatic carbocycles. The van der Waals surface area contributed by atoms with E-state index in [1.807, 2.05) is 0 Å². The summed E-state index contributed by atoms with van der Waals surface area (Å²) in [5.74, 6) is 0. The van der Waals surface area contributed by atoms with Gasteiger partial charge in [-0.3, -0.25) is 0 Å². The number of hydrogen-bond acceptors (Lipinski definition) is 3. The van der Waals surface area contributed by atoms with Gasteiger partial charge in [0.2, 0.25) is 0 Å². The van der Waals surface area contributed by atoms with E-state index in [4.69, 9.17) is 0 Å². The van der Waals surface area contributed by atoms with E-state index in [0.29, 0.717) is 0 Å². The van der Waals surface area contributed by atoms with E-state index in [1.165, 1.54) is 29.7 Å². The molecule has 94 valence electrons. The Morgan fingerprint density at radius 3 is 3.06 bits per heavy atom. The number of fused-ring (bicyclic) bond motifs is 1. The molecular formula is C14H23N3. The summed E-state index contributed by atoms with van der Waals surface area (Å²) in [6, 6.07) is 6.64. The standard InChI is InChI=1S/C14H23N3/c1-17(2)10-9-15-11-13-6-3-5-12-7-4-8-16-14(12)13/h3,5-6,15-16H,4,7-11H2,1-2H3.